The van der Waals surface area contributed by atoms with Crippen molar-refractivity contribution in [3.05, 3.63) is 36.0 Å². The molecule has 1 atom stereocenters. The van der Waals surface area contributed by atoms with E-state index in [0.717, 1.165) is 35.7 Å². The maximum Gasteiger partial charge on any atom is 1.00 e. The second-order valence-electron chi connectivity index (χ2n) is 7.60. The monoisotopic (exact) mass is 410 g/mol. The van der Waals surface area contributed by atoms with Crippen LogP contribution in [0.25, 0.3) is 10.9 Å². The van der Waals surface area contributed by atoms with Gasteiger partial charge in [0.25, 0.3) is 0 Å². The molecule has 0 fully saturated rings. The van der Waals surface area contributed by atoms with E-state index in [1.54, 1.807) is 0 Å². The Bertz CT molecular complexity index is 751. The largest absolute Gasteiger partial charge is 1.00 e. The quantitative estimate of drug-likeness (QED) is 0.330. The first-order valence-electron chi connectivity index (χ1n) is 10.7. The SMILES string of the molecule is CCCCCCCCCCCC(=O)NC(Cc1c[nH]c2ccccc12)C(=O)O.[H-].[Na+]. The van der Waals surface area contributed by atoms with E-state index in [2.05, 4.69) is 17.2 Å². The average Bonchev–Trinajstić information content (AvgIpc) is 3.09. The average molecular weight is 411 g/mol. The molecule has 0 aliphatic heterocycles. The van der Waals surface area contributed by atoms with Crippen molar-refractivity contribution in [2.45, 2.75) is 83.6 Å². The van der Waals surface area contributed by atoms with E-state index in [1.807, 2.05) is 30.5 Å². The van der Waals surface area contributed by atoms with E-state index in [1.165, 1.54) is 38.5 Å². The molecule has 1 heterocycles. The van der Waals surface area contributed by atoms with E-state index in [9.17, 15) is 14.7 Å². The summed E-state index contributed by atoms with van der Waals surface area (Å²) < 4.78 is 0. The van der Waals surface area contributed by atoms with Crippen molar-refractivity contribution >= 4 is 22.8 Å². The van der Waals surface area contributed by atoms with E-state index in [4.69, 9.17) is 0 Å². The van der Waals surface area contributed by atoms with Gasteiger partial charge in [0.15, 0.2) is 0 Å². The van der Waals surface area contributed by atoms with E-state index in [-0.39, 0.29) is 43.3 Å². The molecule has 0 spiro atoms. The molecule has 156 valence electrons. The number of unbranched alkanes of at least 4 members (excludes halogenated alkanes) is 8. The topological polar surface area (TPSA) is 82.2 Å². The van der Waals surface area contributed by atoms with Gasteiger partial charge in [-0.15, -0.1) is 0 Å². The second-order valence-corrected chi connectivity index (χ2v) is 7.60. The van der Waals surface area contributed by atoms with Crippen molar-refractivity contribution < 1.29 is 45.7 Å². The Labute approximate surface area is 197 Å². The van der Waals surface area contributed by atoms with Gasteiger partial charge in [0.1, 0.15) is 6.04 Å². The molecule has 2 aromatic rings. The number of benzene rings is 1. The third-order valence-electron chi connectivity index (χ3n) is 5.24. The van der Waals surface area contributed by atoms with Crippen molar-refractivity contribution in [1.29, 1.82) is 0 Å². The molecular formula is C23H35N2NaO3. The van der Waals surface area contributed by atoms with Crippen LogP contribution in [-0.2, 0) is 16.0 Å². The van der Waals surface area contributed by atoms with E-state index in [0.29, 0.717) is 6.42 Å². The van der Waals surface area contributed by atoms with Gasteiger partial charge in [-0.05, 0) is 18.1 Å². The summed E-state index contributed by atoms with van der Waals surface area (Å²) in [5.41, 5.74) is 1.88. The van der Waals surface area contributed by atoms with Crippen molar-refractivity contribution in [3.63, 3.8) is 0 Å². The van der Waals surface area contributed by atoms with Crippen LogP contribution in [-0.4, -0.2) is 28.0 Å². The molecule has 3 N–H and O–H groups in total. The van der Waals surface area contributed by atoms with Gasteiger partial charge in [-0.25, -0.2) is 4.79 Å². The first-order valence-corrected chi connectivity index (χ1v) is 10.7. The minimum atomic E-state index is -0.995. The maximum atomic E-state index is 12.2. The molecule has 1 unspecified atom stereocenters. The first-order chi connectivity index (χ1) is 13.6. The maximum absolute atomic E-state index is 12.2. The van der Waals surface area contributed by atoms with Crippen LogP contribution in [0.1, 0.15) is 78.1 Å². The fraction of sp³-hybridized carbons (Fsp3) is 0.565. The zero-order chi connectivity index (χ0) is 20.2. The van der Waals surface area contributed by atoms with Gasteiger partial charge in [0.2, 0.25) is 5.91 Å². The zero-order valence-corrected chi connectivity index (χ0v) is 20.0. The van der Waals surface area contributed by atoms with Crippen molar-refractivity contribution in [2.75, 3.05) is 0 Å². The molecular weight excluding hydrogens is 375 g/mol. The summed E-state index contributed by atoms with van der Waals surface area (Å²) in [7, 11) is 0. The van der Waals surface area contributed by atoms with Crippen LogP contribution in [0.5, 0.6) is 0 Å². The molecule has 6 heteroatoms. The molecule has 0 bridgehead atoms. The molecule has 2 rings (SSSR count). The predicted molar refractivity (Wildman–Crippen MR) is 115 cm³/mol. The molecule has 0 saturated carbocycles. The van der Waals surface area contributed by atoms with Crippen LogP contribution in [0.15, 0.2) is 30.5 Å². The summed E-state index contributed by atoms with van der Waals surface area (Å²) in [6.07, 6.45) is 13.2. The van der Waals surface area contributed by atoms with Crippen LogP contribution >= 0.6 is 0 Å². The van der Waals surface area contributed by atoms with Crippen molar-refractivity contribution in [1.82, 2.24) is 10.3 Å². The van der Waals surface area contributed by atoms with E-state index < -0.39 is 12.0 Å². The summed E-state index contributed by atoms with van der Waals surface area (Å²) in [6.45, 7) is 2.22. The Kier molecular flexibility index (Phi) is 13.0. The third-order valence-corrected chi connectivity index (χ3v) is 5.24. The number of aromatic amines is 1. The Morgan fingerprint density at radius 2 is 1.66 bits per heavy atom. The molecule has 0 radical (unpaired) electrons. The Morgan fingerprint density at radius 3 is 2.31 bits per heavy atom. The number of carbonyl (C=O) groups is 2. The Hall–Kier alpha value is -1.30. The number of carbonyl (C=O) groups excluding carboxylic acids is 1. The van der Waals surface area contributed by atoms with Crippen molar-refractivity contribution in [3.8, 4) is 0 Å². The number of hydrogen-bond acceptors (Lipinski definition) is 2. The fourth-order valence-corrected chi connectivity index (χ4v) is 3.58. The smallest absolute Gasteiger partial charge is 1.00 e. The number of carboxylic acids is 1. The molecule has 1 aromatic carbocycles. The van der Waals surface area contributed by atoms with Gasteiger partial charge >= 0.3 is 35.5 Å². The second kappa shape index (κ2) is 14.6. The molecule has 0 aliphatic rings. The van der Waals surface area contributed by atoms with Crippen LogP contribution in [0.4, 0.5) is 0 Å². The number of rotatable bonds is 14. The number of H-pyrrole nitrogens is 1. The summed E-state index contributed by atoms with van der Waals surface area (Å²) in [4.78, 5) is 26.9. The van der Waals surface area contributed by atoms with Gasteiger partial charge < -0.3 is 16.8 Å². The Morgan fingerprint density at radius 1 is 1.03 bits per heavy atom. The predicted octanol–water partition coefficient (Wildman–Crippen LogP) is 2.32. The van der Waals surface area contributed by atoms with Gasteiger partial charge in [0.05, 0.1) is 0 Å². The third kappa shape index (κ3) is 9.37. The van der Waals surface area contributed by atoms with Crippen LogP contribution in [0.2, 0.25) is 0 Å². The number of nitrogens with one attached hydrogen (secondary N) is 2. The van der Waals surface area contributed by atoms with Crippen molar-refractivity contribution in [2.24, 2.45) is 0 Å². The number of aliphatic carboxylic acids is 1. The van der Waals surface area contributed by atoms with Crippen LogP contribution < -0.4 is 34.9 Å². The van der Waals surface area contributed by atoms with Gasteiger partial charge in [0, 0.05) is 29.9 Å². The number of para-hydroxylation sites is 1. The minimum absolute atomic E-state index is 0. The molecule has 1 aromatic heterocycles. The normalized spacial score (nSPS) is 11.8. The summed E-state index contributed by atoms with van der Waals surface area (Å²) in [5, 5.41) is 13.2. The van der Waals surface area contributed by atoms with Gasteiger partial charge in [-0.3, -0.25) is 4.79 Å². The first kappa shape index (κ1) is 25.7. The number of fused-ring (bicyclic) bond motifs is 1. The summed E-state index contributed by atoms with van der Waals surface area (Å²) in [5.74, 6) is -1.17. The number of hydrogen-bond donors (Lipinski definition) is 3. The van der Waals surface area contributed by atoms with Gasteiger partial charge in [-0.2, -0.15) is 0 Å². The molecule has 5 nitrogen and oxygen atoms in total. The summed E-state index contributed by atoms with van der Waals surface area (Å²) in [6, 6.07) is 6.88. The molecule has 0 aliphatic carbocycles. The zero-order valence-electron chi connectivity index (χ0n) is 19.0. The number of aromatic nitrogens is 1. The van der Waals surface area contributed by atoms with Crippen LogP contribution in [0, 0.1) is 0 Å². The molecule has 29 heavy (non-hydrogen) atoms. The molecule has 1 amide bonds. The molecule has 0 saturated heterocycles. The van der Waals surface area contributed by atoms with Gasteiger partial charge in [-0.1, -0.05) is 76.5 Å². The number of amides is 1. The summed E-state index contributed by atoms with van der Waals surface area (Å²) >= 11 is 0. The van der Waals surface area contributed by atoms with Crippen LogP contribution in [0.3, 0.4) is 0 Å². The standard InChI is InChI=1S/C23H34N2O3.Na.H/c1-2-3-4-5-6-7-8-9-10-15-22(26)25-21(23(27)28)16-18-17-24-20-14-12-11-13-19(18)20;;/h11-14,17,21,24H,2-10,15-16H2,1H3,(H,25,26)(H,27,28);;/q;+1;-1. The fourth-order valence-electron chi connectivity index (χ4n) is 3.58. The van der Waals surface area contributed by atoms with E-state index >= 15 is 0 Å². The minimum Gasteiger partial charge on any atom is -1.00 e. The Balaban J connectivity index is 0.00000420. The number of carboxylic acid groups (broad SMARTS) is 1.